The van der Waals surface area contributed by atoms with Crippen molar-refractivity contribution < 1.29 is 9.59 Å². The molecule has 1 aliphatic heterocycles. The molecule has 2 amide bonds. The Morgan fingerprint density at radius 2 is 1.80 bits per heavy atom. The molecule has 5 nitrogen and oxygen atoms in total. The van der Waals surface area contributed by atoms with E-state index in [0.29, 0.717) is 31.2 Å². The lowest BCUT2D eigenvalue weighted by Gasteiger charge is -2.33. The third-order valence-corrected chi connectivity index (χ3v) is 6.66. The van der Waals surface area contributed by atoms with Gasteiger partial charge in [-0.3, -0.25) is 9.59 Å². The standard InChI is InChI=1S/C23H22ClN3O2S/c1-16(28)26-10-12-27(13-11-26)23(29)7-3-17-2-6-22(20(24)14-17)30-19-5-4-18-8-9-25-21(18)15-19/h2-9,14-15,25H,10-13H2,1H3/b7-3+. The molecule has 4 rings (SSSR count). The number of aromatic amines is 1. The molecule has 1 fully saturated rings. The van der Waals surface area contributed by atoms with Gasteiger partial charge in [-0.2, -0.15) is 0 Å². The number of hydrogen-bond acceptors (Lipinski definition) is 3. The molecule has 1 aromatic heterocycles. The number of rotatable bonds is 4. The van der Waals surface area contributed by atoms with Gasteiger partial charge in [-0.25, -0.2) is 0 Å². The number of amides is 2. The maximum atomic E-state index is 12.4. The van der Waals surface area contributed by atoms with Gasteiger partial charge >= 0.3 is 0 Å². The number of aromatic nitrogens is 1. The number of H-pyrrole nitrogens is 1. The van der Waals surface area contributed by atoms with Crippen LogP contribution in [0.4, 0.5) is 0 Å². The van der Waals surface area contributed by atoms with Crippen molar-refractivity contribution >= 4 is 52.2 Å². The summed E-state index contributed by atoms with van der Waals surface area (Å²) in [6.07, 6.45) is 5.28. The van der Waals surface area contributed by atoms with Crippen LogP contribution in [0.1, 0.15) is 12.5 Å². The molecule has 0 spiro atoms. The zero-order valence-electron chi connectivity index (χ0n) is 16.6. The van der Waals surface area contributed by atoms with Gasteiger partial charge in [-0.05, 0) is 47.4 Å². The number of carbonyl (C=O) groups excluding carboxylic acids is 2. The number of nitrogens with zero attached hydrogens (tertiary/aromatic N) is 2. The SMILES string of the molecule is CC(=O)N1CCN(C(=O)/C=C/c2ccc(Sc3ccc4cc[nH]c4c3)c(Cl)c2)CC1. The van der Waals surface area contributed by atoms with Crippen LogP contribution in [0.2, 0.25) is 5.02 Å². The average Bonchev–Trinajstić information content (AvgIpc) is 3.21. The van der Waals surface area contributed by atoms with Crippen LogP contribution in [-0.4, -0.2) is 52.8 Å². The van der Waals surface area contributed by atoms with Gasteiger partial charge in [0.15, 0.2) is 0 Å². The van der Waals surface area contributed by atoms with E-state index < -0.39 is 0 Å². The van der Waals surface area contributed by atoms with Gasteiger partial charge in [0, 0.05) is 60.7 Å². The fourth-order valence-electron chi connectivity index (χ4n) is 3.44. The number of halogens is 1. The normalized spacial score (nSPS) is 14.6. The van der Waals surface area contributed by atoms with E-state index in [2.05, 4.69) is 23.2 Å². The molecule has 1 aliphatic rings. The van der Waals surface area contributed by atoms with Crippen molar-refractivity contribution in [2.45, 2.75) is 16.7 Å². The van der Waals surface area contributed by atoms with E-state index in [0.717, 1.165) is 20.9 Å². The van der Waals surface area contributed by atoms with Gasteiger partial charge in [0.1, 0.15) is 0 Å². The smallest absolute Gasteiger partial charge is 0.246 e. The Hall–Kier alpha value is -2.70. The third-order valence-electron chi connectivity index (χ3n) is 5.17. The van der Waals surface area contributed by atoms with Crippen LogP contribution in [0.3, 0.4) is 0 Å². The molecular weight excluding hydrogens is 418 g/mol. The summed E-state index contributed by atoms with van der Waals surface area (Å²) < 4.78 is 0. The summed E-state index contributed by atoms with van der Waals surface area (Å²) in [6, 6.07) is 14.1. The topological polar surface area (TPSA) is 56.4 Å². The highest BCUT2D eigenvalue weighted by Gasteiger charge is 2.20. The first-order valence-corrected chi connectivity index (χ1v) is 11.0. The maximum Gasteiger partial charge on any atom is 0.246 e. The van der Waals surface area contributed by atoms with E-state index in [1.807, 2.05) is 30.5 Å². The van der Waals surface area contributed by atoms with Crippen LogP contribution < -0.4 is 0 Å². The lowest BCUT2D eigenvalue weighted by Crippen LogP contribution is -2.49. The lowest BCUT2D eigenvalue weighted by atomic mass is 10.2. The van der Waals surface area contributed by atoms with Crippen molar-refractivity contribution in [2.75, 3.05) is 26.2 Å². The van der Waals surface area contributed by atoms with Crippen LogP contribution in [0.5, 0.6) is 0 Å². The molecule has 0 radical (unpaired) electrons. The number of piperazine rings is 1. The Morgan fingerprint density at radius 3 is 2.53 bits per heavy atom. The minimum Gasteiger partial charge on any atom is -0.361 e. The fourth-order valence-corrected chi connectivity index (χ4v) is 4.60. The monoisotopic (exact) mass is 439 g/mol. The van der Waals surface area contributed by atoms with Crippen LogP contribution in [0, 0.1) is 0 Å². The van der Waals surface area contributed by atoms with Crippen molar-refractivity contribution in [1.29, 1.82) is 0 Å². The fraction of sp³-hybridized carbons (Fsp3) is 0.217. The van der Waals surface area contributed by atoms with E-state index in [-0.39, 0.29) is 11.8 Å². The molecule has 1 saturated heterocycles. The van der Waals surface area contributed by atoms with E-state index in [9.17, 15) is 9.59 Å². The minimum absolute atomic E-state index is 0.0490. The minimum atomic E-state index is -0.0490. The summed E-state index contributed by atoms with van der Waals surface area (Å²) in [5.74, 6) is 0.00471. The molecule has 2 aromatic carbocycles. The van der Waals surface area contributed by atoms with Gasteiger partial charge in [-0.15, -0.1) is 0 Å². The first-order valence-electron chi connectivity index (χ1n) is 9.77. The highest BCUT2D eigenvalue weighted by atomic mass is 35.5. The summed E-state index contributed by atoms with van der Waals surface area (Å²) in [5.41, 5.74) is 1.97. The van der Waals surface area contributed by atoms with E-state index in [1.54, 1.807) is 40.6 Å². The number of hydrogen-bond donors (Lipinski definition) is 1. The molecule has 0 bridgehead atoms. The highest BCUT2D eigenvalue weighted by molar-refractivity contribution is 7.99. The largest absolute Gasteiger partial charge is 0.361 e. The summed E-state index contributed by atoms with van der Waals surface area (Å²) in [7, 11) is 0. The van der Waals surface area contributed by atoms with Crippen molar-refractivity contribution in [1.82, 2.24) is 14.8 Å². The average molecular weight is 440 g/mol. The zero-order chi connectivity index (χ0) is 21.1. The second-order valence-electron chi connectivity index (χ2n) is 7.18. The van der Waals surface area contributed by atoms with Crippen molar-refractivity contribution in [3.63, 3.8) is 0 Å². The van der Waals surface area contributed by atoms with E-state index in [1.165, 1.54) is 5.39 Å². The molecule has 30 heavy (non-hydrogen) atoms. The number of fused-ring (bicyclic) bond motifs is 1. The molecule has 154 valence electrons. The molecule has 7 heteroatoms. The Kier molecular flexibility index (Phi) is 6.16. The lowest BCUT2D eigenvalue weighted by molar-refractivity contribution is -0.135. The number of benzene rings is 2. The van der Waals surface area contributed by atoms with Crippen LogP contribution >= 0.6 is 23.4 Å². The summed E-state index contributed by atoms with van der Waals surface area (Å²) >= 11 is 8.10. The predicted octanol–water partition coefficient (Wildman–Crippen LogP) is 4.68. The number of nitrogens with one attached hydrogen (secondary N) is 1. The molecular formula is C23H22ClN3O2S. The molecule has 0 saturated carbocycles. The molecule has 0 unspecified atom stereocenters. The summed E-state index contributed by atoms with van der Waals surface area (Å²) in [5, 5.41) is 1.83. The second-order valence-corrected chi connectivity index (χ2v) is 8.71. The Labute approximate surface area is 184 Å². The van der Waals surface area contributed by atoms with Crippen LogP contribution in [-0.2, 0) is 9.59 Å². The molecule has 0 atom stereocenters. The maximum absolute atomic E-state index is 12.4. The zero-order valence-corrected chi connectivity index (χ0v) is 18.2. The van der Waals surface area contributed by atoms with E-state index in [4.69, 9.17) is 11.6 Å². The van der Waals surface area contributed by atoms with Gasteiger partial charge < -0.3 is 14.8 Å². The first kappa shape index (κ1) is 20.6. The van der Waals surface area contributed by atoms with Crippen LogP contribution in [0.25, 0.3) is 17.0 Å². The van der Waals surface area contributed by atoms with Crippen molar-refractivity contribution in [2.24, 2.45) is 0 Å². The van der Waals surface area contributed by atoms with Crippen LogP contribution in [0.15, 0.2) is 64.5 Å². The van der Waals surface area contributed by atoms with Gasteiger partial charge in [0.05, 0.1) is 5.02 Å². The third kappa shape index (κ3) is 4.71. The van der Waals surface area contributed by atoms with E-state index >= 15 is 0 Å². The summed E-state index contributed by atoms with van der Waals surface area (Å²) in [6.45, 7) is 3.85. The van der Waals surface area contributed by atoms with Gasteiger partial charge in [0.25, 0.3) is 0 Å². The molecule has 2 heterocycles. The van der Waals surface area contributed by atoms with Gasteiger partial charge in [0.2, 0.25) is 11.8 Å². The molecule has 3 aromatic rings. The Bertz CT molecular complexity index is 1120. The molecule has 0 aliphatic carbocycles. The predicted molar refractivity (Wildman–Crippen MR) is 122 cm³/mol. The molecule has 1 N–H and O–H groups in total. The van der Waals surface area contributed by atoms with Crippen molar-refractivity contribution in [3.8, 4) is 0 Å². The second kappa shape index (κ2) is 8.98. The Morgan fingerprint density at radius 1 is 1.03 bits per heavy atom. The van der Waals surface area contributed by atoms with Crippen molar-refractivity contribution in [3.05, 3.63) is 65.3 Å². The first-order chi connectivity index (χ1) is 14.5. The summed E-state index contributed by atoms with van der Waals surface area (Å²) in [4.78, 5) is 32.6. The Balaban J connectivity index is 1.39. The number of carbonyl (C=O) groups is 2. The quantitative estimate of drug-likeness (QED) is 0.600. The highest BCUT2D eigenvalue weighted by Crippen LogP contribution is 2.35. The van der Waals surface area contributed by atoms with Gasteiger partial charge in [-0.1, -0.05) is 35.5 Å².